The number of aryl methyl sites for hydroxylation is 2. The van der Waals surface area contributed by atoms with Crippen LogP contribution in [0.5, 0.6) is 11.5 Å². The summed E-state index contributed by atoms with van der Waals surface area (Å²) in [6.45, 7) is 10.7. The maximum absolute atomic E-state index is 12.4. The summed E-state index contributed by atoms with van der Waals surface area (Å²) in [5, 5.41) is 9.07. The Bertz CT molecular complexity index is 2040. The molecule has 1 atom stereocenters. The summed E-state index contributed by atoms with van der Waals surface area (Å²) in [5.41, 5.74) is 4.43. The Morgan fingerprint density at radius 1 is 0.750 bits per heavy atom. The van der Waals surface area contributed by atoms with Gasteiger partial charge in [-0.3, -0.25) is 0 Å². The van der Waals surface area contributed by atoms with Crippen LogP contribution in [0.15, 0.2) is 97.1 Å². The van der Waals surface area contributed by atoms with Crippen LogP contribution in [0, 0.1) is 11.3 Å². The Morgan fingerprint density at radius 2 is 1.35 bits per heavy atom. The van der Waals surface area contributed by atoms with E-state index in [-0.39, 0.29) is 18.1 Å². The number of unbranched alkanes of at least 4 members (excludes halogenated alkanes) is 3. The SMILES string of the molecule is COC(=O)c1ccc2c(c1)nc(CCCCOP(OCCC#N)N(C(C)C)C(C)C)n2CCCCCOC(c1ccccc1)(c1ccc(OC)cc1)c1ccc(OC)cc1. The monoisotopic (exact) mass is 836 g/mol. The number of nitrogens with zero attached hydrogens (tertiary/aromatic N) is 4. The van der Waals surface area contributed by atoms with Crippen molar-refractivity contribution in [2.45, 2.75) is 96.9 Å². The van der Waals surface area contributed by atoms with Gasteiger partial charge >= 0.3 is 5.97 Å². The third-order valence-electron chi connectivity index (χ3n) is 10.4. The zero-order valence-electron chi connectivity index (χ0n) is 36.3. The van der Waals surface area contributed by atoms with Crippen LogP contribution in [0.2, 0.25) is 0 Å². The summed E-state index contributed by atoms with van der Waals surface area (Å²) in [7, 11) is 3.45. The molecule has 1 unspecified atom stereocenters. The summed E-state index contributed by atoms with van der Waals surface area (Å²) in [6.07, 6.45) is 5.46. The molecule has 0 N–H and O–H groups in total. The number of esters is 1. The van der Waals surface area contributed by atoms with Crippen LogP contribution >= 0.6 is 8.53 Å². The molecule has 0 bridgehead atoms. The highest BCUT2D eigenvalue weighted by Gasteiger charge is 2.38. The Morgan fingerprint density at radius 3 is 1.93 bits per heavy atom. The molecule has 0 aliphatic rings. The van der Waals surface area contributed by atoms with Crippen molar-refractivity contribution in [3.05, 3.63) is 125 Å². The molecular weight excluding hydrogens is 776 g/mol. The van der Waals surface area contributed by atoms with Crippen LogP contribution in [0.1, 0.15) is 99.1 Å². The molecule has 0 saturated heterocycles. The highest BCUT2D eigenvalue weighted by Crippen LogP contribution is 2.46. The van der Waals surface area contributed by atoms with Gasteiger partial charge < -0.3 is 32.6 Å². The fraction of sp³-hybridized carbons (Fsp3) is 0.438. The zero-order chi connectivity index (χ0) is 42.9. The van der Waals surface area contributed by atoms with Crippen LogP contribution < -0.4 is 9.47 Å². The van der Waals surface area contributed by atoms with Crippen molar-refractivity contribution in [1.82, 2.24) is 14.2 Å². The van der Waals surface area contributed by atoms with Crippen molar-refractivity contribution in [1.29, 1.82) is 5.26 Å². The van der Waals surface area contributed by atoms with Crippen LogP contribution in [-0.2, 0) is 37.1 Å². The molecule has 0 radical (unpaired) electrons. The lowest BCUT2D eigenvalue weighted by Gasteiger charge is -2.36. The molecule has 1 aromatic heterocycles. The number of hydrogen-bond donors (Lipinski definition) is 0. The van der Waals surface area contributed by atoms with Gasteiger partial charge in [0.25, 0.3) is 8.53 Å². The fourth-order valence-corrected chi connectivity index (χ4v) is 9.18. The first kappa shape index (κ1) is 46.2. The molecule has 1 heterocycles. The maximum Gasteiger partial charge on any atom is 0.337 e. The van der Waals surface area contributed by atoms with E-state index in [9.17, 15) is 4.79 Å². The number of ether oxygens (including phenoxy) is 4. The van der Waals surface area contributed by atoms with E-state index in [1.54, 1.807) is 14.2 Å². The quantitative estimate of drug-likeness (QED) is 0.0243. The third kappa shape index (κ3) is 11.7. The molecule has 5 rings (SSSR count). The smallest absolute Gasteiger partial charge is 0.337 e. The Hall–Kier alpha value is -4.82. The number of imidazole rings is 1. The van der Waals surface area contributed by atoms with Gasteiger partial charge in [0.2, 0.25) is 0 Å². The largest absolute Gasteiger partial charge is 0.497 e. The van der Waals surface area contributed by atoms with Gasteiger partial charge in [-0.2, -0.15) is 5.26 Å². The van der Waals surface area contributed by atoms with E-state index in [0.717, 1.165) is 90.1 Å². The molecule has 11 nitrogen and oxygen atoms in total. The minimum absolute atomic E-state index is 0.243. The maximum atomic E-state index is 12.4. The van der Waals surface area contributed by atoms with E-state index < -0.39 is 14.1 Å². The number of fused-ring (bicyclic) bond motifs is 1. The van der Waals surface area contributed by atoms with Crippen molar-refractivity contribution in [3.8, 4) is 17.6 Å². The average Bonchev–Trinajstić information content (AvgIpc) is 3.62. The van der Waals surface area contributed by atoms with Gasteiger partial charge in [-0.1, -0.05) is 54.6 Å². The number of aromatic nitrogens is 2. The lowest BCUT2D eigenvalue weighted by molar-refractivity contribution is 0.0105. The molecule has 5 aromatic rings. The van der Waals surface area contributed by atoms with Crippen LogP contribution in [-0.4, -0.2) is 73.4 Å². The van der Waals surface area contributed by atoms with Crippen molar-refractivity contribution >= 4 is 25.5 Å². The normalized spacial score (nSPS) is 12.3. The highest BCUT2D eigenvalue weighted by molar-refractivity contribution is 7.44. The second-order valence-electron chi connectivity index (χ2n) is 15.1. The topological polar surface area (TPSA) is 117 Å². The van der Waals surface area contributed by atoms with E-state index in [1.165, 1.54) is 7.11 Å². The summed E-state index contributed by atoms with van der Waals surface area (Å²) in [5.74, 6) is 2.15. The van der Waals surface area contributed by atoms with E-state index in [2.05, 4.69) is 79.4 Å². The lowest BCUT2D eigenvalue weighted by Crippen LogP contribution is -2.33. The minimum Gasteiger partial charge on any atom is -0.497 e. The summed E-state index contributed by atoms with van der Waals surface area (Å²) < 4.78 is 40.1. The second-order valence-corrected chi connectivity index (χ2v) is 16.6. The van der Waals surface area contributed by atoms with Gasteiger partial charge in [-0.15, -0.1) is 0 Å². The van der Waals surface area contributed by atoms with Crippen molar-refractivity contribution in [3.63, 3.8) is 0 Å². The fourth-order valence-electron chi connectivity index (χ4n) is 7.55. The molecule has 0 aliphatic heterocycles. The van der Waals surface area contributed by atoms with Crippen molar-refractivity contribution < 1.29 is 32.8 Å². The zero-order valence-corrected chi connectivity index (χ0v) is 37.2. The first-order valence-electron chi connectivity index (χ1n) is 20.9. The Balaban J connectivity index is 1.28. The summed E-state index contributed by atoms with van der Waals surface area (Å²) >= 11 is 0. The molecule has 12 heteroatoms. The minimum atomic E-state index is -1.29. The number of benzene rings is 4. The van der Waals surface area contributed by atoms with Crippen LogP contribution in [0.25, 0.3) is 11.0 Å². The first-order valence-corrected chi connectivity index (χ1v) is 22.1. The summed E-state index contributed by atoms with van der Waals surface area (Å²) in [6, 6.07) is 34.8. The van der Waals surface area contributed by atoms with Gasteiger partial charge in [0, 0.05) is 31.7 Å². The van der Waals surface area contributed by atoms with Gasteiger partial charge in [0.05, 0.1) is 63.6 Å². The van der Waals surface area contributed by atoms with Crippen LogP contribution in [0.4, 0.5) is 0 Å². The third-order valence-corrected chi connectivity index (χ3v) is 12.5. The predicted molar refractivity (Wildman–Crippen MR) is 237 cm³/mol. The number of rotatable bonds is 25. The van der Waals surface area contributed by atoms with Crippen LogP contribution in [0.3, 0.4) is 0 Å². The number of nitriles is 1. The second kappa shape index (κ2) is 23.3. The summed E-state index contributed by atoms with van der Waals surface area (Å²) in [4.78, 5) is 17.4. The van der Waals surface area contributed by atoms with Gasteiger partial charge in [-0.25, -0.2) is 14.4 Å². The molecule has 0 aliphatic carbocycles. The van der Waals surface area contributed by atoms with E-state index in [0.29, 0.717) is 31.8 Å². The standard InChI is InChI=1S/C48H61N4O7P/c1-36(2)52(37(3)4)60(59-34-16-30-49)58-33-15-12-19-46-50-44-35-38(47(53)56-7)20-29-45(44)51(46)31-13-9-14-32-57-48(39-17-10-8-11-18-39,40-21-25-42(54-5)26-22-40)41-23-27-43(55-6)28-24-41/h8,10-11,17-18,20-29,35-37H,9,12-16,19,31-34H2,1-7H3. The van der Waals surface area contributed by atoms with Gasteiger partial charge in [-0.05, 0) is 119 Å². The van der Waals surface area contributed by atoms with E-state index in [4.69, 9.17) is 38.2 Å². The van der Waals surface area contributed by atoms with Crippen molar-refractivity contribution in [2.24, 2.45) is 0 Å². The Labute approximate surface area is 357 Å². The number of carbonyl (C=O) groups is 1. The number of carbonyl (C=O) groups excluding carboxylic acids is 1. The van der Waals surface area contributed by atoms with E-state index in [1.807, 2.05) is 60.7 Å². The van der Waals surface area contributed by atoms with E-state index >= 15 is 0 Å². The molecule has 0 fully saturated rings. The average molecular weight is 837 g/mol. The lowest BCUT2D eigenvalue weighted by atomic mass is 9.80. The first-order chi connectivity index (χ1) is 29.2. The highest BCUT2D eigenvalue weighted by atomic mass is 31.2. The van der Waals surface area contributed by atoms with Crippen molar-refractivity contribution in [2.75, 3.05) is 41.2 Å². The number of methoxy groups -OCH3 is 3. The molecule has 320 valence electrons. The predicted octanol–water partition coefficient (Wildman–Crippen LogP) is 10.6. The van der Waals surface area contributed by atoms with Gasteiger partial charge in [0.1, 0.15) is 22.9 Å². The molecular formula is C48H61N4O7P. The Kier molecular flexibility index (Phi) is 17.9. The molecule has 4 aromatic carbocycles. The molecule has 60 heavy (non-hydrogen) atoms. The molecule has 0 spiro atoms. The molecule has 0 amide bonds. The molecule has 0 saturated carbocycles. The number of hydrogen-bond acceptors (Lipinski definition) is 10. The van der Waals surface area contributed by atoms with Gasteiger partial charge in [0.15, 0.2) is 0 Å².